The summed E-state index contributed by atoms with van der Waals surface area (Å²) in [5, 5.41) is 10.8. The third-order valence-electron chi connectivity index (χ3n) is 5.62. The minimum atomic E-state index is -0.512. The lowest BCUT2D eigenvalue weighted by molar-refractivity contribution is -0.384. The highest BCUT2D eigenvalue weighted by atomic mass is 16.6. The number of benzene rings is 2. The minimum Gasteiger partial charge on any atom is -0.495 e. The first-order valence-electron chi connectivity index (χ1n) is 9.73. The van der Waals surface area contributed by atoms with Crippen molar-refractivity contribution in [1.82, 2.24) is 4.90 Å². The van der Waals surface area contributed by atoms with Crippen molar-refractivity contribution >= 4 is 28.9 Å². The van der Waals surface area contributed by atoms with E-state index < -0.39 is 11.0 Å². The Balaban J connectivity index is 1.44. The second-order valence-corrected chi connectivity index (χ2v) is 7.26. The number of hydrogen-bond donors (Lipinski definition) is 0. The molecule has 2 fully saturated rings. The summed E-state index contributed by atoms with van der Waals surface area (Å²) in [6.07, 6.45) is 0.116. The number of methoxy groups -OCH3 is 1. The van der Waals surface area contributed by atoms with Crippen molar-refractivity contribution in [3.8, 4) is 5.75 Å². The largest absolute Gasteiger partial charge is 0.495 e. The number of rotatable bonds is 5. The predicted molar refractivity (Wildman–Crippen MR) is 111 cm³/mol. The maximum atomic E-state index is 13.0. The summed E-state index contributed by atoms with van der Waals surface area (Å²) < 4.78 is 5.44. The quantitative estimate of drug-likeness (QED) is 0.423. The number of piperazine rings is 1. The Kier molecular flexibility index (Phi) is 5.37. The zero-order valence-corrected chi connectivity index (χ0v) is 16.6. The maximum Gasteiger partial charge on any atom is 0.269 e. The molecular formula is C21H22N4O5. The predicted octanol–water partition coefficient (Wildman–Crippen LogP) is 2.06. The van der Waals surface area contributed by atoms with Crippen molar-refractivity contribution in [2.45, 2.75) is 12.5 Å². The Hall–Kier alpha value is -3.46. The normalized spacial score (nSPS) is 20.0. The molecule has 0 spiro atoms. The van der Waals surface area contributed by atoms with Crippen LogP contribution in [0.3, 0.4) is 0 Å². The smallest absolute Gasteiger partial charge is 0.269 e. The van der Waals surface area contributed by atoms with Gasteiger partial charge in [0.25, 0.3) is 11.6 Å². The number of carbonyl (C=O) groups excluding carboxylic acids is 2. The van der Waals surface area contributed by atoms with Gasteiger partial charge in [0.15, 0.2) is 0 Å². The molecule has 30 heavy (non-hydrogen) atoms. The summed E-state index contributed by atoms with van der Waals surface area (Å²) in [7, 11) is 1.64. The van der Waals surface area contributed by atoms with Crippen LogP contribution in [0.15, 0.2) is 48.5 Å². The highest BCUT2D eigenvalue weighted by molar-refractivity contribution is 6.22. The number of amides is 2. The average Bonchev–Trinajstić information content (AvgIpc) is 3.07. The second-order valence-electron chi connectivity index (χ2n) is 7.26. The number of hydrogen-bond acceptors (Lipinski definition) is 7. The summed E-state index contributed by atoms with van der Waals surface area (Å²) in [6.45, 7) is 2.73. The molecule has 2 heterocycles. The average molecular weight is 410 g/mol. The second kappa shape index (κ2) is 8.11. The van der Waals surface area contributed by atoms with Crippen molar-refractivity contribution in [3.63, 3.8) is 0 Å². The fourth-order valence-electron chi connectivity index (χ4n) is 4.06. The topological polar surface area (TPSA) is 96.2 Å². The third kappa shape index (κ3) is 3.59. The Bertz CT molecular complexity index is 970. The summed E-state index contributed by atoms with van der Waals surface area (Å²) in [5.74, 6) is 0.244. The molecule has 0 N–H and O–H groups in total. The number of para-hydroxylation sites is 2. The molecule has 2 aromatic carbocycles. The van der Waals surface area contributed by atoms with Gasteiger partial charge < -0.3 is 9.64 Å². The van der Waals surface area contributed by atoms with Gasteiger partial charge in [0.1, 0.15) is 5.75 Å². The van der Waals surface area contributed by atoms with Gasteiger partial charge in [-0.15, -0.1) is 0 Å². The standard InChI is InChI=1S/C21H22N4O5/c1-30-19-5-3-2-4-17(19)22-10-12-23(13-11-22)18-14-20(26)24(21(18)27)15-6-8-16(9-7-15)25(28)29/h2-9,18H,10-14H2,1H3/t18-/m1/s1. The molecule has 2 aliphatic rings. The van der Waals surface area contributed by atoms with Crippen LogP contribution >= 0.6 is 0 Å². The Morgan fingerprint density at radius 3 is 2.30 bits per heavy atom. The number of non-ortho nitro benzene ring substituents is 1. The van der Waals surface area contributed by atoms with Crippen molar-refractivity contribution in [2.24, 2.45) is 0 Å². The van der Waals surface area contributed by atoms with Gasteiger partial charge in [-0.2, -0.15) is 0 Å². The van der Waals surface area contributed by atoms with Crippen LogP contribution < -0.4 is 14.5 Å². The minimum absolute atomic E-state index is 0.0816. The van der Waals surface area contributed by atoms with E-state index in [0.717, 1.165) is 29.4 Å². The van der Waals surface area contributed by atoms with Crippen LogP contribution in [0.1, 0.15) is 6.42 Å². The zero-order chi connectivity index (χ0) is 21.3. The first kappa shape index (κ1) is 19.8. The summed E-state index contributed by atoms with van der Waals surface area (Å²) in [4.78, 5) is 41.2. The van der Waals surface area contributed by atoms with E-state index in [9.17, 15) is 19.7 Å². The van der Waals surface area contributed by atoms with E-state index in [1.165, 1.54) is 24.3 Å². The zero-order valence-electron chi connectivity index (χ0n) is 16.6. The summed E-state index contributed by atoms with van der Waals surface area (Å²) >= 11 is 0. The van der Waals surface area contributed by atoms with Crippen molar-refractivity contribution in [1.29, 1.82) is 0 Å². The number of imide groups is 1. The maximum absolute atomic E-state index is 13.0. The fraction of sp³-hybridized carbons (Fsp3) is 0.333. The van der Waals surface area contributed by atoms with Gasteiger partial charge >= 0.3 is 0 Å². The van der Waals surface area contributed by atoms with E-state index in [0.29, 0.717) is 18.8 Å². The molecule has 0 radical (unpaired) electrons. The van der Waals surface area contributed by atoms with E-state index in [2.05, 4.69) is 4.90 Å². The van der Waals surface area contributed by atoms with E-state index in [1.54, 1.807) is 7.11 Å². The van der Waals surface area contributed by atoms with Gasteiger partial charge in [-0.1, -0.05) is 12.1 Å². The number of ether oxygens (including phenoxy) is 1. The Morgan fingerprint density at radius 2 is 1.67 bits per heavy atom. The Labute approximate surface area is 173 Å². The van der Waals surface area contributed by atoms with Crippen LogP contribution in [0.5, 0.6) is 5.75 Å². The van der Waals surface area contributed by atoms with Crippen molar-refractivity contribution < 1.29 is 19.2 Å². The SMILES string of the molecule is COc1ccccc1N1CCN([C@@H]2CC(=O)N(c3ccc([N+](=O)[O-])cc3)C2=O)CC1. The van der Waals surface area contributed by atoms with E-state index >= 15 is 0 Å². The van der Waals surface area contributed by atoms with E-state index in [4.69, 9.17) is 4.74 Å². The Morgan fingerprint density at radius 1 is 1.00 bits per heavy atom. The van der Waals surface area contributed by atoms with Crippen molar-refractivity contribution in [3.05, 3.63) is 58.6 Å². The van der Waals surface area contributed by atoms with E-state index in [-0.39, 0.29) is 23.9 Å². The number of anilines is 2. The van der Waals surface area contributed by atoms with Gasteiger partial charge in [0, 0.05) is 38.3 Å². The number of carbonyl (C=O) groups is 2. The molecule has 0 aliphatic carbocycles. The fourth-order valence-corrected chi connectivity index (χ4v) is 4.06. The lowest BCUT2D eigenvalue weighted by atomic mass is 10.1. The number of nitrogens with zero attached hydrogens (tertiary/aromatic N) is 4. The molecular weight excluding hydrogens is 388 g/mol. The lowest BCUT2D eigenvalue weighted by Gasteiger charge is -2.38. The van der Waals surface area contributed by atoms with Gasteiger partial charge in [-0.3, -0.25) is 24.6 Å². The van der Waals surface area contributed by atoms with Gasteiger partial charge in [-0.25, -0.2) is 4.90 Å². The highest BCUT2D eigenvalue weighted by Gasteiger charge is 2.43. The molecule has 4 rings (SSSR count). The van der Waals surface area contributed by atoms with Crippen molar-refractivity contribution in [2.75, 3.05) is 43.1 Å². The first-order chi connectivity index (χ1) is 14.5. The molecule has 1 atom stereocenters. The van der Waals surface area contributed by atoms with Crippen LogP contribution in [0, 0.1) is 10.1 Å². The number of nitro benzene ring substituents is 1. The molecule has 9 heteroatoms. The summed E-state index contributed by atoms with van der Waals surface area (Å²) in [6, 6.07) is 12.8. The van der Waals surface area contributed by atoms with Gasteiger partial charge in [-0.05, 0) is 24.3 Å². The van der Waals surface area contributed by atoms with Crippen LogP contribution in [-0.2, 0) is 9.59 Å². The molecule has 0 bridgehead atoms. The first-order valence-corrected chi connectivity index (χ1v) is 9.73. The van der Waals surface area contributed by atoms with Gasteiger partial charge in [0.05, 0.1) is 35.9 Å². The van der Waals surface area contributed by atoms with Crippen LogP contribution in [0.2, 0.25) is 0 Å². The molecule has 2 saturated heterocycles. The molecule has 9 nitrogen and oxygen atoms in total. The molecule has 2 amide bonds. The molecule has 0 unspecified atom stereocenters. The third-order valence-corrected chi connectivity index (χ3v) is 5.62. The number of nitro groups is 1. The van der Waals surface area contributed by atoms with Gasteiger partial charge in [0.2, 0.25) is 5.91 Å². The van der Waals surface area contributed by atoms with E-state index in [1.807, 2.05) is 29.2 Å². The van der Waals surface area contributed by atoms with Crippen LogP contribution in [0.25, 0.3) is 0 Å². The lowest BCUT2D eigenvalue weighted by Crippen LogP contribution is -2.52. The summed E-state index contributed by atoms with van der Waals surface area (Å²) in [5.41, 5.74) is 1.30. The molecule has 0 saturated carbocycles. The van der Waals surface area contributed by atoms with Crippen LogP contribution in [0.4, 0.5) is 17.1 Å². The van der Waals surface area contributed by atoms with Crippen LogP contribution in [-0.4, -0.2) is 61.0 Å². The molecule has 0 aromatic heterocycles. The molecule has 2 aromatic rings. The molecule has 2 aliphatic heterocycles. The molecule has 156 valence electrons. The highest BCUT2D eigenvalue weighted by Crippen LogP contribution is 2.31. The monoisotopic (exact) mass is 410 g/mol.